The molecule has 0 spiro atoms. The Balaban J connectivity index is 1.68. The molecule has 2 aromatic carbocycles. The van der Waals surface area contributed by atoms with E-state index in [0.717, 1.165) is 11.1 Å². The zero-order valence-corrected chi connectivity index (χ0v) is 15.8. The molecule has 0 fully saturated rings. The summed E-state index contributed by atoms with van der Waals surface area (Å²) in [6, 6.07) is 16.0. The SMILES string of the molecule is Cc1ccc(S(=O)(=O)NCCCNC(=O)N[C@H](C)c2ccccc2)cc1. The molecule has 0 aliphatic rings. The van der Waals surface area contributed by atoms with Gasteiger partial charge >= 0.3 is 6.03 Å². The molecular weight excluding hydrogens is 350 g/mol. The molecule has 0 unspecified atom stereocenters. The summed E-state index contributed by atoms with van der Waals surface area (Å²) in [4.78, 5) is 12.1. The molecule has 0 radical (unpaired) electrons. The lowest BCUT2D eigenvalue weighted by molar-refractivity contribution is 0.238. The van der Waals surface area contributed by atoms with Crippen molar-refractivity contribution in [1.29, 1.82) is 0 Å². The van der Waals surface area contributed by atoms with E-state index in [1.807, 2.05) is 44.2 Å². The van der Waals surface area contributed by atoms with Gasteiger partial charge in [0.15, 0.2) is 0 Å². The predicted molar refractivity (Wildman–Crippen MR) is 102 cm³/mol. The van der Waals surface area contributed by atoms with Crippen LogP contribution in [0, 0.1) is 6.92 Å². The fourth-order valence-corrected chi connectivity index (χ4v) is 3.44. The van der Waals surface area contributed by atoms with E-state index in [1.54, 1.807) is 24.3 Å². The van der Waals surface area contributed by atoms with Crippen molar-refractivity contribution in [2.24, 2.45) is 0 Å². The van der Waals surface area contributed by atoms with Crippen LogP contribution in [0.3, 0.4) is 0 Å². The van der Waals surface area contributed by atoms with Crippen molar-refractivity contribution in [3.05, 3.63) is 65.7 Å². The van der Waals surface area contributed by atoms with E-state index in [9.17, 15) is 13.2 Å². The molecule has 140 valence electrons. The van der Waals surface area contributed by atoms with E-state index < -0.39 is 10.0 Å². The lowest BCUT2D eigenvalue weighted by Crippen LogP contribution is -2.38. The zero-order valence-electron chi connectivity index (χ0n) is 15.0. The third-order valence-corrected chi connectivity index (χ3v) is 5.39. The quantitative estimate of drug-likeness (QED) is 0.620. The third kappa shape index (κ3) is 6.16. The largest absolute Gasteiger partial charge is 0.338 e. The highest BCUT2D eigenvalue weighted by Crippen LogP contribution is 2.11. The molecule has 7 heteroatoms. The number of sulfonamides is 1. The van der Waals surface area contributed by atoms with E-state index >= 15 is 0 Å². The topological polar surface area (TPSA) is 87.3 Å². The lowest BCUT2D eigenvalue weighted by Gasteiger charge is -2.15. The molecule has 3 N–H and O–H groups in total. The summed E-state index contributed by atoms with van der Waals surface area (Å²) in [5.74, 6) is 0. The highest BCUT2D eigenvalue weighted by Gasteiger charge is 2.13. The van der Waals surface area contributed by atoms with Gasteiger partial charge in [0.2, 0.25) is 10.0 Å². The van der Waals surface area contributed by atoms with Crippen molar-refractivity contribution in [2.75, 3.05) is 13.1 Å². The van der Waals surface area contributed by atoms with Crippen molar-refractivity contribution in [1.82, 2.24) is 15.4 Å². The van der Waals surface area contributed by atoms with Crippen LogP contribution in [0.5, 0.6) is 0 Å². The van der Waals surface area contributed by atoms with E-state index in [1.165, 1.54) is 0 Å². The Kier molecular flexibility index (Phi) is 7.17. The second-order valence-corrected chi connectivity index (χ2v) is 7.86. The van der Waals surface area contributed by atoms with Crippen molar-refractivity contribution >= 4 is 16.1 Å². The number of amides is 2. The average Bonchev–Trinajstić information content (AvgIpc) is 2.62. The number of hydrogen-bond donors (Lipinski definition) is 3. The maximum Gasteiger partial charge on any atom is 0.315 e. The van der Waals surface area contributed by atoms with Gasteiger partial charge in [-0.25, -0.2) is 17.9 Å². The maximum absolute atomic E-state index is 12.1. The summed E-state index contributed by atoms with van der Waals surface area (Å²) in [7, 11) is -3.51. The van der Waals surface area contributed by atoms with Gasteiger partial charge in [-0.1, -0.05) is 48.0 Å². The van der Waals surface area contributed by atoms with Crippen LogP contribution < -0.4 is 15.4 Å². The molecule has 6 nitrogen and oxygen atoms in total. The van der Waals surface area contributed by atoms with Gasteiger partial charge in [-0.2, -0.15) is 0 Å². The minimum Gasteiger partial charge on any atom is -0.338 e. The minimum atomic E-state index is -3.51. The maximum atomic E-state index is 12.1. The smallest absolute Gasteiger partial charge is 0.315 e. The van der Waals surface area contributed by atoms with E-state index in [0.29, 0.717) is 13.0 Å². The Hall–Kier alpha value is -2.38. The van der Waals surface area contributed by atoms with E-state index in [-0.39, 0.29) is 23.5 Å². The second-order valence-electron chi connectivity index (χ2n) is 6.10. The molecular formula is C19H25N3O3S. The van der Waals surface area contributed by atoms with Gasteiger partial charge in [-0.15, -0.1) is 0 Å². The summed E-state index contributed by atoms with van der Waals surface area (Å²) < 4.78 is 26.8. The summed E-state index contributed by atoms with van der Waals surface area (Å²) in [5, 5.41) is 5.58. The first-order valence-electron chi connectivity index (χ1n) is 8.54. The number of carbonyl (C=O) groups is 1. The lowest BCUT2D eigenvalue weighted by atomic mass is 10.1. The molecule has 0 aromatic heterocycles. The number of carbonyl (C=O) groups excluding carboxylic acids is 1. The Morgan fingerprint density at radius 3 is 2.31 bits per heavy atom. The normalized spacial score (nSPS) is 12.4. The first kappa shape index (κ1) is 19.9. The van der Waals surface area contributed by atoms with Gasteiger partial charge in [0.1, 0.15) is 0 Å². The molecule has 2 rings (SSSR count). The van der Waals surface area contributed by atoms with Gasteiger partial charge in [-0.3, -0.25) is 0 Å². The number of nitrogens with one attached hydrogen (secondary N) is 3. The predicted octanol–water partition coefficient (Wildman–Crippen LogP) is 2.72. The number of hydrogen-bond acceptors (Lipinski definition) is 3. The van der Waals surface area contributed by atoms with Crippen LogP contribution in [0.25, 0.3) is 0 Å². The van der Waals surface area contributed by atoms with Crippen molar-refractivity contribution in [3.63, 3.8) is 0 Å². The van der Waals surface area contributed by atoms with Gasteiger partial charge in [0, 0.05) is 13.1 Å². The second kappa shape index (κ2) is 9.35. The Labute approximate surface area is 155 Å². The molecule has 0 aliphatic heterocycles. The number of rotatable bonds is 8. The van der Waals surface area contributed by atoms with Gasteiger partial charge < -0.3 is 10.6 Å². The number of aryl methyl sites for hydroxylation is 1. The van der Waals surface area contributed by atoms with E-state index in [2.05, 4.69) is 15.4 Å². The molecule has 1 atom stereocenters. The summed E-state index contributed by atoms with van der Waals surface area (Å²) in [6.45, 7) is 4.44. The van der Waals surface area contributed by atoms with Crippen LogP contribution in [-0.4, -0.2) is 27.5 Å². The number of urea groups is 1. The van der Waals surface area contributed by atoms with Crippen molar-refractivity contribution in [3.8, 4) is 0 Å². The highest BCUT2D eigenvalue weighted by atomic mass is 32.2. The monoisotopic (exact) mass is 375 g/mol. The van der Waals surface area contributed by atoms with Crippen molar-refractivity contribution in [2.45, 2.75) is 31.2 Å². The third-order valence-electron chi connectivity index (χ3n) is 3.91. The summed E-state index contributed by atoms with van der Waals surface area (Å²) >= 11 is 0. The Morgan fingerprint density at radius 1 is 1.00 bits per heavy atom. The van der Waals surface area contributed by atoms with Crippen LogP contribution >= 0.6 is 0 Å². The fourth-order valence-electron chi connectivity index (χ4n) is 2.37. The minimum absolute atomic E-state index is 0.101. The first-order chi connectivity index (χ1) is 12.4. The van der Waals surface area contributed by atoms with Crippen LogP contribution in [0.4, 0.5) is 4.79 Å². The van der Waals surface area contributed by atoms with Crippen LogP contribution in [0.2, 0.25) is 0 Å². The molecule has 2 amide bonds. The molecule has 0 aliphatic carbocycles. The highest BCUT2D eigenvalue weighted by molar-refractivity contribution is 7.89. The summed E-state index contributed by atoms with van der Waals surface area (Å²) in [5.41, 5.74) is 2.03. The summed E-state index contributed by atoms with van der Waals surface area (Å²) in [6.07, 6.45) is 0.498. The van der Waals surface area contributed by atoms with Gasteiger partial charge in [0.05, 0.1) is 10.9 Å². The zero-order chi connectivity index (χ0) is 19.0. The van der Waals surface area contributed by atoms with Crippen LogP contribution in [0.15, 0.2) is 59.5 Å². The molecule has 0 saturated heterocycles. The molecule has 0 saturated carbocycles. The standard InChI is InChI=1S/C19H25N3O3S/c1-15-9-11-18(12-10-15)26(24,25)21-14-6-13-20-19(23)22-16(2)17-7-4-3-5-8-17/h3-5,7-12,16,21H,6,13-14H2,1-2H3,(H2,20,22,23)/t16-/m1/s1. The van der Waals surface area contributed by atoms with Crippen LogP contribution in [0.1, 0.15) is 30.5 Å². The Morgan fingerprint density at radius 2 is 1.65 bits per heavy atom. The van der Waals surface area contributed by atoms with Crippen LogP contribution in [-0.2, 0) is 10.0 Å². The van der Waals surface area contributed by atoms with Crippen molar-refractivity contribution < 1.29 is 13.2 Å². The Bertz CT molecular complexity index is 806. The van der Waals surface area contributed by atoms with E-state index in [4.69, 9.17) is 0 Å². The fraction of sp³-hybridized carbons (Fsp3) is 0.316. The van der Waals surface area contributed by atoms with Gasteiger partial charge in [-0.05, 0) is 38.0 Å². The van der Waals surface area contributed by atoms with Gasteiger partial charge in [0.25, 0.3) is 0 Å². The number of benzene rings is 2. The molecule has 26 heavy (non-hydrogen) atoms. The molecule has 2 aromatic rings. The average molecular weight is 375 g/mol. The first-order valence-corrected chi connectivity index (χ1v) is 10.0. The molecule has 0 bridgehead atoms. The molecule has 0 heterocycles.